The van der Waals surface area contributed by atoms with Gasteiger partial charge in [0.05, 0.1) is 0 Å². The Morgan fingerprint density at radius 1 is 1.13 bits per heavy atom. The van der Waals surface area contributed by atoms with Gasteiger partial charge in [0.1, 0.15) is 5.69 Å². The van der Waals surface area contributed by atoms with Gasteiger partial charge in [0, 0.05) is 49.3 Å². The molecule has 0 spiro atoms. The van der Waals surface area contributed by atoms with Crippen LogP contribution in [-0.2, 0) is 6.54 Å². The van der Waals surface area contributed by atoms with Gasteiger partial charge in [-0.05, 0) is 36.7 Å². The van der Waals surface area contributed by atoms with E-state index in [4.69, 9.17) is 4.63 Å². The van der Waals surface area contributed by atoms with Gasteiger partial charge < -0.3 is 9.88 Å². The van der Waals surface area contributed by atoms with Crippen LogP contribution in [0.5, 0.6) is 0 Å². The van der Waals surface area contributed by atoms with Gasteiger partial charge >= 0.3 is 0 Å². The molecular weight excluding hydrogens is 290 g/mol. The van der Waals surface area contributed by atoms with Crippen molar-refractivity contribution in [3.8, 4) is 0 Å². The summed E-state index contributed by atoms with van der Waals surface area (Å²) in [6.07, 6.45) is 0. The lowest BCUT2D eigenvalue weighted by atomic mass is 10.1. The van der Waals surface area contributed by atoms with Gasteiger partial charge in [-0.2, -0.15) is 0 Å². The van der Waals surface area contributed by atoms with Crippen LogP contribution in [0.1, 0.15) is 17.0 Å². The fourth-order valence-electron chi connectivity index (χ4n) is 3.37. The van der Waals surface area contributed by atoms with Crippen molar-refractivity contribution in [3.63, 3.8) is 0 Å². The fraction of sp³-hybridized carbons (Fsp3) is 0.412. The number of anilines is 1. The molecule has 1 fully saturated rings. The summed E-state index contributed by atoms with van der Waals surface area (Å²) in [5.74, 6) is 0.882. The molecule has 0 saturated carbocycles. The van der Waals surface area contributed by atoms with Crippen molar-refractivity contribution in [2.75, 3.05) is 31.1 Å². The molecule has 4 rings (SSSR count). The highest BCUT2D eigenvalue weighted by Gasteiger charge is 2.21. The van der Waals surface area contributed by atoms with Crippen LogP contribution in [0.4, 0.5) is 5.82 Å². The smallest absolute Gasteiger partial charge is 0.196 e. The molecule has 1 aliphatic rings. The van der Waals surface area contributed by atoms with Gasteiger partial charge in [-0.1, -0.05) is 17.3 Å². The van der Waals surface area contributed by atoms with Crippen LogP contribution in [0.2, 0.25) is 0 Å². The maximum absolute atomic E-state index is 4.81. The lowest BCUT2D eigenvalue weighted by Crippen LogP contribution is -2.46. The van der Waals surface area contributed by atoms with E-state index in [1.165, 1.54) is 22.2 Å². The molecule has 0 aliphatic carbocycles. The Morgan fingerprint density at radius 3 is 2.70 bits per heavy atom. The number of nitrogens with one attached hydrogen (secondary N) is 1. The molecule has 0 amide bonds. The first-order chi connectivity index (χ1) is 11.2. The second-order valence-electron chi connectivity index (χ2n) is 6.27. The summed E-state index contributed by atoms with van der Waals surface area (Å²) >= 11 is 0. The van der Waals surface area contributed by atoms with E-state index >= 15 is 0 Å². The van der Waals surface area contributed by atoms with Gasteiger partial charge in [0.25, 0.3) is 0 Å². The number of rotatable bonds is 3. The number of benzene rings is 1. The number of nitrogens with zero attached hydrogens (tertiary/aromatic N) is 4. The molecule has 1 saturated heterocycles. The van der Waals surface area contributed by atoms with E-state index in [9.17, 15) is 0 Å². The summed E-state index contributed by atoms with van der Waals surface area (Å²) in [5.41, 5.74) is 4.69. The van der Waals surface area contributed by atoms with Gasteiger partial charge in [-0.3, -0.25) is 4.90 Å². The standard InChI is InChI=1S/C17H21N5O/c1-12-10-15-14(4-3-5-16(15)18-12)11-21-6-8-22(9-7-21)17-13(2)19-23-20-17/h3-5,10,18H,6-9,11H2,1-2H3. The molecule has 23 heavy (non-hydrogen) atoms. The second-order valence-corrected chi connectivity index (χ2v) is 6.27. The second kappa shape index (κ2) is 5.70. The summed E-state index contributed by atoms with van der Waals surface area (Å²) in [7, 11) is 0. The number of hydrogen-bond donors (Lipinski definition) is 1. The third kappa shape index (κ3) is 2.70. The van der Waals surface area contributed by atoms with Gasteiger partial charge in [0.2, 0.25) is 0 Å². The summed E-state index contributed by atoms with van der Waals surface area (Å²) < 4.78 is 4.81. The Kier molecular flexibility index (Phi) is 3.53. The zero-order valence-corrected chi connectivity index (χ0v) is 13.5. The van der Waals surface area contributed by atoms with Crippen molar-refractivity contribution >= 4 is 16.7 Å². The van der Waals surface area contributed by atoms with Gasteiger partial charge in [-0.25, -0.2) is 4.63 Å². The Balaban J connectivity index is 1.45. The van der Waals surface area contributed by atoms with E-state index in [0.29, 0.717) is 0 Å². The summed E-state index contributed by atoms with van der Waals surface area (Å²) in [6.45, 7) is 8.98. The minimum atomic E-state index is 0.867. The highest BCUT2D eigenvalue weighted by Crippen LogP contribution is 2.22. The lowest BCUT2D eigenvalue weighted by molar-refractivity contribution is 0.248. The van der Waals surface area contributed by atoms with Gasteiger partial charge in [-0.15, -0.1) is 0 Å². The molecule has 0 bridgehead atoms. The highest BCUT2D eigenvalue weighted by atomic mass is 16.6. The average molecular weight is 311 g/mol. The van der Waals surface area contributed by atoms with Crippen molar-refractivity contribution in [2.45, 2.75) is 20.4 Å². The largest absolute Gasteiger partial charge is 0.359 e. The van der Waals surface area contributed by atoms with E-state index in [1.807, 2.05) is 6.92 Å². The van der Waals surface area contributed by atoms with Crippen molar-refractivity contribution in [2.24, 2.45) is 0 Å². The predicted octanol–water partition coefficient (Wildman–Crippen LogP) is 2.49. The molecule has 2 aromatic heterocycles. The van der Waals surface area contributed by atoms with Gasteiger partial charge in [0.15, 0.2) is 5.82 Å². The molecule has 3 heterocycles. The van der Waals surface area contributed by atoms with Crippen molar-refractivity contribution in [1.29, 1.82) is 0 Å². The fourth-order valence-corrected chi connectivity index (χ4v) is 3.37. The normalized spacial score (nSPS) is 16.3. The molecule has 6 nitrogen and oxygen atoms in total. The zero-order valence-electron chi connectivity index (χ0n) is 13.5. The summed E-state index contributed by atoms with van der Waals surface area (Å²) in [5, 5.41) is 9.22. The molecule has 0 atom stereocenters. The Labute approximate surface area is 135 Å². The van der Waals surface area contributed by atoms with E-state index in [2.05, 4.69) is 56.3 Å². The van der Waals surface area contributed by atoms with Crippen LogP contribution in [0.25, 0.3) is 10.9 Å². The summed E-state index contributed by atoms with van der Waals surface area (Å²) in [6, 6.07) is 8.75. The SMILES string of the molecule is Cc1cc2c(CN3CCN(c4nonc4C)CC3)cccc2[nH]1. The molecule has 1 aromatic carbocycles. The Hall–Kier alpha value is -2.34. The van der Waals surface area contributed by atoms with E-state index in [-0.39, 0.29) is 0 Å². The monoisotopic (exact) mass is 311 g/mol. The Morgan fingerprint density at radius 2 is 1.96 bits per heavy atom. The third-order valence-electron chi connectivity index (χ3n) is 4.58. The van der Waals surface area contributed by atoms with Crippen LogP contribution in [0, 0.1) is 13.8 Å². The van der Waals surface area contributed by atoms with E-state index < -0.39 is 0 Å². The van der Waals surface area contributed by atoms with Crippen LogP contribution < -0.4 is 4.90 Å². The first-order valence-corrected chi connectivity index (χ1v) is 8.04. The Bertz CT molecular complexity index is 813. The number of hydrogen-bond acceptors (Lipinski definition) is 5. The topological polar surface area (TPSA) is 61.2 Å². The predicted molar refractivity (Wildman–Crippen MR) is 89.6 cm³/mol. The molecule has 1 aliphatic heterocycles. The molecule has 0 unspecified atom stereocenters. The lowest BCUT2D eigenvalue weighted by Gasteiger charge is -2.34. The number of piperazine rings is 1. The maximum atomic E-state index is 4.81. The number of aromatic amines is 1. The zero-order chi connectivity index (χ0) is 15.8. The average Bonchev–Trinajstić information content (AvgIpc) is 3.14. The number of H-pyrrole nitrogens is 1. The first kappa shape index (κ1) is 14.3. The van der Waals surface area contributed by atoms with Crippen molar-refractivity contribution in [3.05, 3.63) is 41.2 Å². The molecular formula is C17H21N5O. The van der Waals surface area contributed by atoms with Crippen molar-refractivity contribution in [1.82, 2.24) is 20.2 Å². The molecule has 0 radical (unpaired) electrons. The first-order valence-electron chi connectivity index (χ1n) is 8.04. The maximum Gasteiger partial charge on any atom is 0.196 e. The molecule has 3 aromatic rings. The minimum Gasteiger partial charge on any atom is -0.359 e. The molecule has 1 N–H and O–H groups in total. The minimum absolute atomic E-state index is 0.867. The number of aryl methyl sites for hydroxylation is 2. The van der Waals surface area contributed by atoms with Crippen LogP contribution in [0.15, 0.2) is 28.9 Å². The van der Waals surface area contributed by atoms with Crippen LogP contribution in [-0.4, -0.2) is 46.4 Å². The van der Waals surface area contributed by atoms with Crippen LogP contribution >= 0.6 is 0 Å². The molecule has 120 valence electrons. The number of fused-ring (bicyclic) bond motifs is 1. The molecule has 6 heteroatoms. The summed E-state index contributed by atoms with van der Waals surface area (Å²) in [4.78, 5) is 8.17. The third-order valence-corrected chi connectivity index (χ3v) is 4.58. The highest BCUT2D eigenvalue weighted by molar-refractivity contribution is 5.83. The van der Waals surface area contributed by atoms with E-state index in [0.717, 1.165) is 44.2 Å². The van der Waals surface area contributed by atoms with Crippen molar-refractivity contribution < 1.29 is 4.63 Å². The van der Waals surface area contributed by atoms with Crippen LogP contribution in [0.3, 0.4) is 0 Å². The quantitative estimate of drug-likeness (QED) is 0.805. The van der Waals surface area contributed by atoms with E-state index in [1.54, 1.807) is 0 Å². The number of aromatic nitrogens is 3.